The molecular formula is C8H13NO3. The van der Waals surface area contributed by atoms with Gasteiger partial charge in [0.1, 0.15) is 0 Å². The molecule has 4 heteroatoms. The summed E-state index contributed by atoms with van der Waals surface area (Å²) in [6, 6.07) is 0. The first-order valence-corrected chi connectivity index (χ1v) is 4.27. The van der Waals surface area contributed by atoms with Crippen LogP contribution in [-0.2, 0) is 0 Å². The minimum Gasteiger partial charge on any atom is -0.465 e. The zero-order valence-corrected chi connectivity index (χ0v) is 6.84. The van der Waals surface area contributed by atoms with Gasteiger partial charge in [-0.3, -0.25) is 0 Å². The van der Waals surface area contributed by atoms with Crippen molar-refractivity contribution in [3.63, 3.8) is 0 Å². The molecule has 0 atom stereocenters. The lowest BCUT2D eigenvalue weighted by Gasteiger charge is -2.25. The molecule has 0 aromatic carbocycles. The average molecular weight is 171 g/mol. The molecule has 2 aliphatic carbocycles. The van der Waals surface area contributed by atoms with Crippen LogP contribution in [-0.4, -0.2) is 27.4 Å². The maximum atomic E-state index is 10.4. The Balaban J connectivity index is 2.10. The smallest absolute Gasteiger partial charge is 0.405 e. The van der Waals surface area contributed by atoms with E-state index in [1.807, 2.05) is 0 Å². The molecule has 0 radical (unpaired) electrons. The van der Waals surface area contributed by atoms with E-state index >= 15 is 0 Å². The van der Waals surface area contributed by atoms with E-state index in [-0.39, 0.29) is 5.54 Å². The molecule has 0 saturated heterocycles. The zero-order chi connectivity index (χ0) is 8.82. The van der Waals surface area contributed by atoms with Crippen molar-refractivity contribution in [3.05, 3.63) is 0 Å². The number of hydrogen-bond donors (Lipinski definition) is 3. The molecule has 2 bridgehead atoms. The fourth-order valence-corrected chi connectivity index (χ4v) is 2.57. The molecule has 0 aromatic rings. The lowest BCUT2D eigenvalue weighted by atomic mass is 9.93. The van der Waals surface area contributed by atoms with E-state index < -0.39 is 11.7 Å². The maximum Gasteiger partial charge on any atom is 0.405 e. The largest absolute Gasteiger partial charge is 0.465 e. The van der Waals surface area contributed by atoms with Gasteiger partial charge in [0, 0.05) is 5.54 Å². The summed E-state index contributed by atoms with van der Waals surface area (Å²) in [4.78, 5) is 10.4. The van der Waals surface area contributed by atoms with Crippen molar-refractivity contribution in [2.45, 2.75) is 43.2 Å². The normalized spacial score (nSPS) is 44.8. The van der Waals surface area contributed by atoms with Crippen molar-refractivity contribution < 1.29 is 15.0 Å². The molecule has 3 N–H and O–H groups in total. The highest BCUT2D eigenvalue weighted by Gasteiger charge is 2.54. The third-order valence-corrected chi connectivity index (χ3v) is 3.18. The van der Waals surface area contributed by atoms with Crippen LogP contribution in [0.3, 0.4) is 0 Å². The van der Waals surface area contributed by atoms with Gasteiger partial charge in [0.2, 0.25) is 0 Å². The van der Waals surface area contributed by atoms with E-state index in [2.05, 4.69) is 5.32 Å². The van der Waals surface area contributed by atoms with Gasteiger partial charge >= 0.3 is 6.09 Å². The minimum atomic E-state index is -0.971. The van der Waals surface area contributed by atoms with E-state index in [0.29, 0.717) is 6.42 Å². The quantitative estimate of drug-likeness (QED) is 0.544. The fraction of sp³-hybridized carbons (Fsp3) is 0.875. The highest BCUT2D eigenvalue weighted by molar-refractivity contribution is 5.66. The molecule has 1 amide bonds. The lowest BCUT2D eigenvalue weighted by molar-refractivity contribution is 0.0521. The first-order chi connectivity index (χ1) is 5.54. The molecule has 12 heavy (non-hydrogen) atoms. The van der Waals surface area contributed by atoms with Crippen LogP contribution in [0, 0.1) is 0 Å². The molecule has 68 valence electrons. The molecule has 0 aliphatic heterocycles. The van der Waals surface area contributed by atoms with Gasteiger partial charge in [-0.2, -0.15) is 0 Å². The lowest BCUT2D eigenvalue weighted by Crippen LogP contribution is -2.44. The summed E-state index contributed by atoms with van der Waals surface area (Å²) in [6.45, 7) is 0. The van der Waals surface area contributed by atoms with Gasteiger partial charge in [0.25, 0.3) is 0 Å². The van der Waals surface area contributed by atoms with E-state index in [4.69, 9.17) is 5.11 Å². The molecule has 0 aromatic heterocycles. The summed E-state index contributed by atoms with van der Waals surface area (Å²) in [5, 5.41) is 20.9. The van der Waals surface area contributed by atoms with Crippen LogP contribution in [0.5, 0.6) is 0 Å². The monoisotopic (exact) mass is 171 g/mol. The number of fused-ring (bicyclic) bond motifs is 2. The van der Waals surface area contributed by atoms with Crippen LogP contribution in [0.25, 0.3) is 0 Å². The SMILES string of the molecule is O=C(O)NC12CCC(O)(CC1)C2. The standard InChI is InChI=1S/C8H13NO3/c10-6(11)9-7-1-3-8(12,5-7)4-2-7/h9,12H,1-5H2,(H,10,11). The number of rotatable bonds is 1. The predicted molar refractivity (Wildman–Crippen MR) is 41.9 cm³/mol. The Morgan fingerprint density at radius 2 is 1.83 bits per heavy atom. The molecule has 2 rings (SSSR count). The Kier molecular flexibility index (Phi) is 1.39. The number of amides is 1. The van der Waals surface area contributed by atoms with Crippen molar-refractivity contribution >= 4 is 6.09 Å². The van der Waals surface area contributed by atoms with Crippen molar-refractivity contribution in [3.8, 4) is 0 Å². The second kappa shape index (κ2) is 2.13. The molecule has 0 heterocycles. The number of carboxylic acid groups (broad SMARTS) is 1. The van der Waals surface area contributed by atoms with Crippen LogP contribution in [0.1, 0.15) is 32.1 Å². The zero-order valence-electron chi connectivity index (χ0n) is 6.84. The van der Waals surface area contributed by atoms with Crippen molar-refractivity contribution in [2.24, 2.45) is 0 Å². The third-order valence-electron chi connectivity index (χ3n) is 3.18. The summed E-state index contributed by atoms with van der Waals surface area (Å²) in [5.41, 5.74) is -0.872. The average Bonchev–Trinajstić information content (AvgIpc) is 2.39. The molecule has 0 unspecified atom stereocenters. The second-order valence-corrected chi connectivity index (χ2v) is 4.11. The summed E-state index contributed by atoms with van der Waals surface area (Å²) < 4.78 is 0. The van der Waals surface area contributed by atoms with Gasteiger partial charge < -0.3 is 15.5 Å². The van der Waals surface area contributed by atoms with Crippen molar-refractivity contribution in [2.75, 3.05) is 0 Å². The molecule has 0 spiro atoms. The highest BCUT2D eigenvalue weighted by Crippen LogP contribution is 2.50. The van der Waals surface area contributed by atoms with Crippen LogP contribution in [0.15, 0.2) is 0 Å². The number of nitrogens with one attached hydrogen (secondary N) is 1. The Morgan fingerprint density at radius 3 is 2.17 bits per heavy atom. The minimum absolute atomic E-state index is 0.305. The summed E-state index contributed by atoms with van der Waals surface area (Å²) in [7, 11) is 0. The Labute approximate surface area is 70.6 Å². The van der Waals surface area contributed by atoms with E-state index in [9.17, 15) is 9.90 Å². The summed E-state index contributed by atoms with van der Waals surface area (Å²) in [6.07, 6.45) is 2.69. The second-order valence-electron chi connectivity index (χ2n) is 4.11. The van der Waals surface area contributed by atoms with Gasteiger partial charge in [-0.15, -0.1) is 0 Å². The molecular weight excluding hydrogens is 158 g/mol. The van der Waals surface area contributed by atoms with Gasteiger partial charge in [-0.25, -0.2) is 4.79 Å². The third kappa shape index (κ3) is 1.06. The molecule has 2 saturated carbocycles. The topological polar surface area (TPSA) is 69.6 Å². The van der Waals surface area contributed by atoms with Crippen molar-refractivity contribution in [1.29, 1.82) is 0 Å². The number of hydrogen-bond acceptors (Lipinski definition) is 2. The van der Waals surface area contributed by atoms with Gasteiger partial charge in [0.05, 0.1) is 5.60 Å². The van der Waals surface area contributed by atoms with Gasteiger partial charge in [-0.1, -0.05) is 0 Å². The maximum absolute atomic E-state index is 10.4. The van der Waals surface area contributed by atoms with Gasteiger partial charge in [-0.05, 0) is 32.1 Å². The predicted octanol–water partition coefficient (Wildman–Crippen LogP) is 0.702. The van der Waals surface area contributed by atoms with Crippen LogP contribution in [0.4, 0.5) is 4.79 Å². The van der Waals surface area contributed by atoms with Crippen LogP contribution < -0.4 is 5.32 Å². The van der Waals surface area contributed by atoms with E-state index in [1.165, 1.54) is 0 Å². The fourth-order valence-electron chi connectivity index (χ4n) is 2.57. The first kappa shape index (κ1) is 7.86. The van der Waals surface area contributed by atoms with Crippen LogP contribution in [0.2, 0.25) is 0 Å². The summed E-state index contributed by atoms with van der Waals surface area (Å²) >= 11 is 0. The Hall–Kier alpha value is -0.770. The summed E-state index contributed by atoms with van der Waals surface area (Å²) in [5.74, 6) is 0. The first-order valence-electron chi connectivity index (χ1n) is 4.27. The Morgan fingerprint density at radius 1 is 1.25 bits per heavy atom. The number of aliphatic hydroxyl groups is 1. The highest BCUT2D eigenvalue weighted by atomic mass is 16.4. The van der Waals surface area contributed by atoms with Crippen molar-refractivity contribution in [1.82, 2.24) is 5.32 Å². The van der Waals surface area contributed by atoms with Gasteiger partial charge in [0.15, 0.2) is 0 Å². The molecule has 2 fully saturated rings. The van der Waals surface area contributed by atoms with E-state index in [0.717, 1.165) is 25.7 Å². The molecule has 4 nitrogen and oxygen atoms in total. The Bertz CT molecular complexity index is 218. The van der Waals surface area contributed by atoms with E-state index in [1.54, 1.807) is 0 Å². The van der Waals surface area contributed by atoms with Crippen LogP contribution >= 0.6 is 0 Å². The molecule has 2 aliphatic rings. The number of carbonyl (C=O) groups is 1.